The van der Waals surface area contributed by atoms with Crippen LogP contribution >= 0.6 is 12.4 Å². The van der Waals surface area contributed by atoms with Crippen molar-refractivity contribution in [2.75, 3.05) is 39.6 Å². The molecule has 2 rings (SSSR count). The third-order valence-corrected chi connectivity index (χ3v) is 4.05. The molecule has 1 saturated heterocycles. The second-order valence-electron chi connectivity index (χ2n) is 6.06. The average Bonchev–Trinajstić information content (AvgIpc) is 2.54. The Morgan fingerprint density at radius 2 is 1.96 bits per heavy atom. The van der Waals surface area contributed by atoms with Crippen molar-refractivity contribution in [3.05, 3.63) is 23.8 Å². The molecule has 0 aromatic heterocycles. The molecule has 0 atom stereocenters. The monoisotopic (exact) mass is 355 g/mol. The summed E-state index contributed by atoms with van der Waals surface area (Å²) in [4.78, 5) is 25.9. The summed E-state index contributed by atoms with van der Waals surface area (Å²) >= 11 is 0. The van der Waals surface area contributed by atoms with Gasteiger partial charge in [0.2, 0.25) is 5.91 Å². The molecule has 2 amide bonds. The number of carbonyl (C=O) groups is 2. The summed E-state index contributed by atoms with van der Waals surface area (Å²) in [6, 6.07) is 5.13. The van der Waals surface area contributed by atoms with Gasteiger partial charge in [-0.2, -0.15) is 0 Å². The molecule has 7 heteroatoms. The molecule has 0 aliphatic carbocycles. The Morgan fingerprint density at radius 1 is 1.29 bits per heavy atom. The molecular weight excluding hydrogens is 330 g/mol. The van der Waals surface area contributed by atoms with Gasteiger partial charge in [-0.3, -0.25) is 9.59 Å². The fraction of sp³-hybridized carbons (Fsp3) is 0.529. The molecule has 0 spiro atoms. The van der Waals surface area contributed by atoms with Gasteiger partial charge in [0, 0.05) is 26.2 Å². The lowest BCUT2D eigenvalue weighted by Crippen LogP contribution is -2.30. The van der Waals surface area contributed by atoms with Crippen LogP contribution in [0.4, 0.5) is 5.69 Å². The lowest BCUT2D eigenvalue weighted by Gasteiger charge is -2.22. The number of ether oxygens (including phenoxy) is 1. The second-order valence-corrected chi connectivity index (χ2v) is 6.06. The molecule has 24 heavy (non-hydrogen) atoms. The zero-order valence-corrected chi connectivity index (χ0v) is 15.2. The molecule has 0 bridgehead atoms. The van der Waals surface area contributed by atoms with E-state index in [1.54, 1.807) is 32.3 Å². The third kappa shape index (κ3) is 5.39. The Bertz CT molecular complexity index is 572. The van der Waals surface area contributed by atoms with Gasteiger partial charge in [-0.1, -0.05) is 0 Å². The van der Waals surface area contributed by atoms with Gasteiger partial charge in [-0.15, -0.1) is 12.4 Å². The maximum atomic E-state index is 12.2. The predicted octanol–water partition coefficient (Wildman–Crippen LogP) is 2.15. The molecule has 6 nitrogen and oxygen atoms in total. The molecule has 1 heterocycles. The van der Waals surface area contributed by atoms with Crippen LogP contribution in [0.1, 0.15) is 29.6 Å². The molecule has 2 N–H and O–H groups in total. The van der Waals surface area contributed by atoms with E-state index in [-0.39, 0.29) is 24.2 Å². The Kier molecular flexibility index (Phi) is 8.01. The van der Waals surface area contributed by atoms with Crippen LogP contribution < -0.4 is 15.4 Å². The highest BCUT2D eigenvalue weighted by molar-refractivity contribution is 5.99. The summed E-state index contributed by atoms with van der Waals surface area (Å²) in [6.07, 6.45) is 2.57. The SMILES string of the molecule is COc1ccc(NC(=O)CC2CCNCC2)cc1C(=O)N(C)C.Cl. The van der Waals surface area contributed by atoms with E-state index in [4.69, 9.17) is 4.74 Å². The van der Waals surface area contributed by atoms with Gasteiger partial charge in [0.15, 0.2) is 0 Å². The number of hydrogen-bond acceptors (Lipinski definition) is 4. The smallest absolute Gasteiger partial charge is 0.257 e. The summed E-state index contributed by atoms with van der Waals surface area (Å²) in [6.45, 7) is 1.95. The van der Waals surface area contributed by atoms with E-state index < -0.39 is 0 Å². The number of anilines is 1. The number of nitrogens with one attached hydrogen (secondary N) is 2. The Hall–Kier alpha value is -1.79. The zero-order valence-electron chi connectivity index (χ0n) is 14.4. The van der Waals surface area contributed by atoms with Crippen LogP contribution in [0.3, 0.4) is 0 Å². The van der Waals surface area contributed by atoms with E-state index in [9.17, 15) is 9.59 Å². The molecule has 1 aromatic rings. The lowest BCUT2D eigenvalue weighted by molar-refractivity contribution is -0.117. The first kappa shape index (κ1) is 20.3. The number of piperidine rings is 1. The molecular formula is C17H26ClN3O3. The van der Waals surface area contributed by atoms with Crippen LogP contribution in [0.5, 0.6) is 5.75 Å². The normalized spacial score (nSPS) is 14.5. The van der Waals surface area contributed by atoms with Crippen molar-refractivity contribution in [3.8, 4) is 5.75 Å². The van der Waals surface area contributed by atoms with Crippen molar-refractivity contribution in [1.29, 1.82) is 0 Å². The number of rotatable bonds is 5. The third-order valence-electron chi connectivity index (χ3n) is 4.05. The first-order chi connectivity index (χ1) is 11.0. The Morgan fingerprint density at radius 3 is 2.54 bits per heavy atom. The van der Waals surface area contributed by atoms with Crippen LogP contribution in [0, 0.1) is 5.92 Å². The Balaban J connectivity index is 0.00000288. The maximum Gasteiger partial charge on any atom is 0.257 e. The highest BCUT2D eigenvalue weighted by Crippen LogP contribution is 2.24. The van der Waals surface area contributed by atoms with Crippen LogP contribution in [0.2, 0.25) is 0 Å². The van der Waals surface area contributed by atoms with Gasteiger partial charge >= 0.3 is 0 Å². The average molecular weight is 356 g/mol. The fourth-order valence-corrected chi connectivity index (χ4v) is 2.75. The molecule has 0 radical (unpaired) electrons. The number of amides is 2. The van der Waals surface area contributed by atoms with Gasteiger partial charge in [0.1, 0.15) is 5.75 Å². The molecule has 0 unspecified atom stereocenters. The highest BCUT2D eigenvalue weighted by atomic mass is 35.5. The second kappa shape index (κ2) is 9.49. The van der Waals surface area contributed by atoms with E-state index in [1.165, 1.54) is 12.0 Å². The van der Waals surface area contributed by atoms with E-state index in [0.717, 1.165) is 25.9 Å². The number of nitrogens with zero attached hydrogens (tertiary/aromatic N) is 1. The summed E-state index contributed by atoms with van der Waals surface area (Å²) in [5.41, 5.74) is 1.06. The standard InChI is InChI=1S/C17H25N3O3.ClH/c1-20(2)17(22)14-11-13(4-5-15(14)23-3)19-16(21)10-12-6-8-18-9-7-12;/h4-5,11-12,18H,6-10H2,1-3H3,(H,19,21);1H. The van der Waals surface area contributed by atoms with Crippen LogP contribution in [0.25, 0.3) is 0 Å². The number of methoxy groups -OCH3 is 1. The number of benzene rings is 1. The van der Waals surface area contributed by atoms with Gasteiger partial charge in [0.25, 0.3) is 5.91 Å². The molecule has 134 valence electrons. The van der Waals surface area contributed by atoms with Crippen molar-refractivity contribution in [2.24, 2.45) is 5.92 Å². The van der Waals surface area contributed by atoms with Gasteiger partial charge in [0.05, 0.1) is 12.7 Å². The van der Waals surface area contributed by atoms with E-state index in [1.807, 2.05) is 0 Å². The summed E-state index contributed by atoms with van der Waals surface area (Å²) in [5, 5.41) is 6.18. The maximum absolute atomic E-state index is 12.2. The minimum Gasteiger partial charge on any atom is -0.496 e. The Labute approximate surface area is 149 Å². The molecule has 1 fully saturated rings. The van der Waals surface area contributed by atoms with E-state index >= 15 is 0 Å². The number of hydrogen-bond donors (Lipinski definition) is 2. The number of halogens is 1. The van der Waals surface area contributed by atoms with Crippen molar-refractivity contribution < 1.29 is 14.3 Å². The van der Waals surface area contributed by atoms with Crippen LogP contribution in [-0.4, -0.2) is 51.0 Å². The van der Waals surface area contributed by atoms with Gasteiger partial charge < -0.3 is 20.3 Å². The minimum absolute atomic E-state index is 0. The topological polar surface area (TPSA) is 70.7 Å². The predicted molar refractivity (Wildman–Crippen MR) is 97.1 cm³/mol. The largest absolute Gasteiger partial charge is 0.496 e. The van der Waals surface area contributed by atoms with Crippen LogP contribution in [0.15, 0.2) is 18.2 Å². The van der Waals surface area contributed by atoms with Gasteiger partial charge in [-0.25, -0.2) is 0 Å². The first-order valence-corrected chi connectivity index (χ1v) is 7.91. The molecule has 1 aliphatic rings. The van der Waals surface area contributed by atoms with Gasteiger partial charge in [-0.05, 0) is 50.0 Å². The summed E-state index contributed by atoms with van der Waals surface area (Å²) in [5.74, 6) is 0.763. The molecule has 1 aromatic carbocycles. The first-order valence-electron chi connectivity index (χ1n) is 7.91. The highest BCUT2D eigenvalue weighted by Gasteiger charge is 2.18. The van der Waals surface area contributed by atoms with Crippen molar-refractivity contribution in [2.45, 2.75) is 19.3 Å². The zero-order chi connectivity index (χ0) is 16.8. The molecule has 0 saturated carbocycles. The van der Waals surface area contributed by atoms with Crippen LogP contribution in [-0.2, 0) is 4.79 Å². The van der Waals surface area contributed by atoms with Crippen molar-refractivity contribution in [3.63, 3.8) is 0 Å². The van der Waals surface area contributed by atoms with E-state index in [0.29, 0.717) is 29.3 Å². The quantitative estimate of drug-likeness (QED) is 0.849. The summed E-state index contributed by atoms with van der Waals surface area (Å²) < 4.78 is 5.23. The number of carbonyl (C=O) groups excluding carboxylic acids is 2. The van der Waals surface area contributed by atoms with Crippen molar-refractivity contribution >= 4 is 29.9 Å². The lowest BCUT2D eigenvalue weighted by atomic mass is 9.94. The summed E-state index contributed by atoms with van der Waals surface area (Å²) in [7, 11) is 4.89. The van der Waals surface area contributed by atoms with E-state index in [2.05, 4.69) is 10.6 Å². The fourth-order valence-electron chi connectivity index (χ4n) is 2.75. The molecule has 1 aliphatic heterocycles. The van der Waals surface area contributed by atoms with Crippen molar-refractivity contribution in [1.82, 2.24) is 10.2 Å². The minimum atomic E-state index is -0.156.